The van der Waals surface area contributed by atoms with Crippen LogP contribution in [0.25, 0.3) is 5.69 Å². The Bertz CT molecular complexity index is 712. The molecule has 3 rings (SSSR count). The summed E-state index contributed by atoms with van der Waals surface area (Å²) in [6.07, 6.45) is 1.73. The minimum atomic E-state index is 0.117. The van der Waals surface area contributed by atoms with Gasteiger partial charge in [0.25, 0.3) is 0 Å². The lowest BCUT2D eigenvalue weighted by Crippen LogP contribution is -2.26. The van der Waals surface area contributed by atoms with Crippen molar-refractivity contribution in [2.75, 3.05) is 13.2 Å². The van der Waals surface area contributed by atoms with Crippen molar-refractivity contribution in [2.45, 2.75) is 13.1 Å². The third-order valence-electron chi connectivity index (χ3n) is 3.59. The molecule has 0 saturated heterocycles. The largest absolute Gasteiger partial charge is 0.395 e. The molecule has 1 heterocycles. The smallest absolute Gasteiger partial charge is 0.165 e. The summed E-state index contributed by atoms with van der Waals surface area (Å²) < 4.78 is 1.77. The number of hydrogen-bond acceptors (Lipinski definition) is 4. The topological polar surface area (TPSA) is 54.2 Å². The average Bonchev–Trinajstić information content (AvgIpc) is 3.05. The predicted molar refractivity (Wildman–Crippen MR) is 89.0 cm³/mol. The summed E-state index contributed by atoms with van der Waals surface area (Å²) >= 11 is 0. The maximum atomic E-state index is 9.29. The molecule has 0 aliphatic heterocycles. The highest BCUT2D eigenvalue weighted by molar-refractivity contribution is 5.29. The normalized spacial score (nSPS) is 11.0. The van der Waals surface area contributed by atoms with Gasteiger partial charge in [0.1, 0.15) is 6.33 Å². The highest BCUT2D eigenvalue weighted by atomic mass is 16.3. The van der Waals surface area contributed by atoms with Crippen molar-refractivity contribution in [1.82, 2.24) is 19.7 Å². The quantitative estimate of drug-likeness (QED) is 0.727. The molecule has 5 heteroatoms. The number of aliphatic hydroxyl groups excluding tert-OH is 1. The summed E-state index contributed by atoms with van der Waals surface area (Å²) in [6.45, 7) is 2.08. The summed E-state index contributed by atoms with van der Waals surface area (Å²) in [5.41, 5.74) is 2.20. The van der Waals surface area contributed by atoms with Gasteiger partial charge in [-0.25, -0.2) is 9.67 Å². The summed E-state index contributed by atoms with van der Waals surface area (Å²) in [6, 6.07) is 20.1. The highest BCUT2D eigenvalue weighted by Crippen LogP contribution is 2.09. The molecule has 1 aromatic heterocycles. The third kappa shape index (κ3) is 4.25. The molecule has 5 nitrogen and oxygen atoms in total. The van der Waals surface area contributed by atoms with Crippen molar-refractivity contribution >= 4 is 0 Å². The minimum Gasteiger partial charge on any atom is -0.395 e. The Balaban J connectivity index is 1.69. The van der Waals surface area contributed by atoms with Crippen molar-refractivity contribution in [3.63, 3.8) is 0 Å². The highest BCUT2D eigenvalue weighted by Gasteiger charge is 2.10. The van der Waals surface area contributed by atoms with Gasteiger partial charge < -0.3 is 5.11 Å². The van der Waals surface area contributed by atoms with Gasteiger partial charge >= 0.3 is 0 Å². The number of aromatic nitrogens is 3. The van der Waals surface area contributed by atoms with Gasteiger partial charge in [-0.2, -0.15) is 0 Å². The molecule has 0 bridgehead atoms. The third-order valence-corrected chi connectivity index (χ3v) is 3.59. The van der Waals surface area contributed by atoms with Crippen LogP contribution in [0.4, 0.5) is 0 Å². The summed E-state index contributed by atoms with van der Waals surface area (Å²) in [5, 5.41) is 13.8. The molecule has 2 aromatic carbocycles. The van der Waals surface area contributed by atoms with Gasteiger partial charge in [-0.05, 0) is 17.7 Å². The van der Waals surface area contributed by atoms with E-state index in [2.05, 4.69) is 27.1 Å². The molecular formula is C18H20N4O. The molecule has 0 aliphatic carbocycles. The van der Waals surface area contributed by atoms with Crippen molar-refractivity contribution in [1.29, 1.82) is 0 Å². The van der Waals surface area contributed by atoms with E-state index in [1.807, 2.05) is 48.5 Å². The van der Waals surface area contributed by atoms with Gasteiger partial charge in [-0.1, -0.05) is 48.5 Å². The second kappa shape index (κ2) is 7.67. The predicted octanol–water partition coefficient (Wildman–Crippen LogP) is 2.26. The molecule has 1 N–H and O–H groups in total. The van der Waals surface area contributed by atoms with Crippen LogP contribution in [0.5, 0.6) is 0 Å². The fourth-order valence-corrected chi connectivity index (χ4v) is 2.47. The number of aliphatic hydroxyl groups is 1. The lowest BCUT2D eigenvalue weighted by atomic mass is 10.2. The summed E-state index contributed by atoms with van der Waals surface area (Å²) in [5.74, 6) is 0.748. The maximum Gasteiger partial charge on any atom is 0.165 e. The van der Waals surface area contributed by atoms with Crippen molar-refractivity contribution in [2.24, 2.45) is 0 Å². The first kappa shape index (κ1) is 15.4. The van der Waals surface area contributed by atoms with Crippen LogP contribution < -0.4 is 0 Å². The number of para-hydroxylation sites is 1. The molecule has 0 fully saturated rings. The van der Waals surface area contributed by atoms with Gasteiger partial charge in [0.05, 0.1) is 18.8 Å². The fourth-order valence-electron chi connectivity index (χ4n) is 2.47. The van der Waals surface area contributed by atoms with Crippen LogP contribution in [0.15, 0.2) is 67.0 Å². The van der Waals surface area contributed by atoms with Crippen LogP contribution in [0.1, 0.15) is 11.4 Å². The Morgan fingerprint density at radius 2 is 1.61 bits per heavy atom. The first-order valence-electron chi connectivity index (χ1n) is 7.68. The molecule has 0 spiro atoms. The Morgan fingerprint density at radius 3 is 2.30 bits per heavy atom. The first-order valence-corrected chi connectivity index (χ1v) is 7.68. The molecule has 118 valence electrons. The van der Waals surface area contributed by atoms with Gasteiger partial charge in [0.2, 0.25) is 0 Å². The zero-order chi connectivity index (χ0) is 15.9. The summed E-state index contributed by atoms with van der Waals surface area (Å²) in [4.78, 5) is 6.52. The number of rotatable bonds is 7. The van der Waals surface area contributed by atoms with E-state index in [1.54, 1.807) is 11.0 Å². The second-order valence-electron chi connectivity index (χ2n) is 5.36. The van der Waals surface area contributed by atoms with Crippen LogP contribution in [-0.2, 0) is 13.1 Å². The van der Waals surface area contributed by atoms with Gasteiger partial charge in [-0.3, -0.25) is 4.90 Å². The molecule has 0 atom stereocenters. The molecular weight excluding hydrogens is 288 g/mol. The number of benzene rings is 2. The molecule has 0 radical (unpaired) electrons. The van der Waals surface area contributed by atoms with E-state index < -0.39 is 0 Å². The van der Waals surface area contributed by atoms with Crippen molar-refractivity contribution < 1.29 is 5.11 Å². The van der Waals surface area contributed by atoms with Crippen molar-refractivity contribution in [3.8, 4) is 5.69 Å². The number of hydrogen-bond donors (Lipinski definition) is 1. The lowest BCUT2D eigenvalue weighted by Gasteiger charge is -2.19. The van der Waals surface area contributed by atoms with Gasteiger partial charge in [0, 0.05) is 13.1 Å². The van der Waals surface area contributed by atoms with Crippen LogP contribution in [0.3, 0.4) is 0 Å². The molecule has 0 saturated carbocycles. The molecule has 0 unspecified atom stereocenters. The van der Waals surface area contributed by atoms with Gasteiger partial charge in [-0.15, -0.1) is 5.10 Å². The zero-order valence-electron chi connectivity index (χ0n) is 12.9. The SMILES string of the molecule is OCCN(Cc1ccccc1)Cc1ncn(-c2ccccc2)n1. The van der Waals surface area contributed by atoms with Gasteiger partial charge in [0.15, 0.2) is 5.82 Å². The van der Waals surface area contributed by atoms with E-state index in [4.69, 9.17) is 0 Å². The van der Waals surface area contributed by atoms with E-state index in [0.29, 0.717) is 13.1 Å². The Kier molecular flexibility index (Phi) is 5.13. The van der Waals surface area contributed by atoms with E-state index >= 15 is 0 Å². The lowest BCUT2D eigenvalue weighted by molar-refractivity contribution is 0.181. The van der Waals surface area contributed by atoms with E-state index in [0.717, 1.165) is 18.1 Å². The number of nitrogens with zero attached hydrogens (tertiary/aromatic N) is 4. The standard InChI is InChI=1S/C18H20N4O/c23-12-11-21(13-16-7-3-1-4-8-16)14-18-19-15-22(20-18)17-9-5-2-6-10-17/h1-10,15,23H,11-14H2. The maximum absolute atomic E-state index is 9.29. The molecule has 23 heavy (non-hydrogen) atoms. The van der Waals surface area contributed by atoms with Crippen LogP contribution in [0, 0.1) is 0 Å². The molecule has 0 aliphatic rings. The Labute approximate surface area is 135 Å². The first-order chi connectivity index (χ1) is 11.3. The van der Waals surface area contributed by atoms with Crippen LogP contribution >= 0.6 is 0 Å². The Morgan fingerprint density at radius 1 is 0.913 bits per heavy atom. The van der Waals surface area contributed by atoms with Crippen LogP contribution in [-0.4, -0.2) is 37.9 Å². The van der Waals surface area contributed by atoms with E-state index in [9.17, 15) is 5.11 Å². The Hall–Kier alpha value is -2.50. The monoisotopic (exact) mass is 308 g/mol. The minimum absolute atomic E-state index is 0.117. The van der Waals surface area contributed by atoms with E-state index in [-0.39, 0.29) is 6.61 Å². The fraction of sp³-hybridized carbons (Fsp3) is 0.222. The zero-order valence-corrected chi connectivity index (χ0v) is 12.9. The van der Waals surface area contributed by atoms with Crippen molar-refractivity contribution in [3.05, 3.63) is 78.4 Å². The summed E-state index contributed by atoms with van der Waals surface area (Å²) in [7, 11) is 0. The molecule has 3 aromatic rings. The van der Waals surface area contributed by atoms with Crippen LogP contribution in [0.2, 0.25) is 0 Å². The molecule has 0 amide bonds. The second-order valence-corrected chi connectivity index (χ2v) is 5.36. The van der Waals surface area contributed by atoms with E-state index in [1.165, 1.54) is 5.56 Å². The average molecular weight is 308 g/mol.